The van der Waals surface area contributed by atoms with Crippen LogP contribution in [0.25, 0.3) is 0 Å². The Hall–Kier alpha value is -1.53. The topological polar surface area (TPSA) is 50.4 Å². The van der Waals surface area contributed by atoms with Gasteiger partial charge in [0, 0.05) is 25.1 Å². The van der Waals surface area contributed by atoms with Gasteiger partial charge in [-0.3, -0.25) is 4.79 Å². The van der Waals surface area contributed by atoms with Crippen LogP contribution in [0, 0.1) is 11.6 Å². The van der Waals surface area contributed by atoms with Gasteiger partial charge in [-0.05, 0) is 44.0 Å². The highest BCUT2D eigenvalue weighted by Crippen LogP contribution is 2.27. The number of nitrogens with one attached hydrogen (secondary N) is 2. The molecule has 2 rings (SSSR count). The second-order valence-corrected chi connectivity index (χ2v) is 6.25. The summed E-state index contributed by atoms with van der Waals surface area (Å²) in [5.41, 5.74) is 0.709. The molecule has 0 bridgehead atoms. The van der Waals surface area contributed by atoms with Crippen molar-refractivity contribution < 1.29 is 18.3 Å². The van der Waals surface area contributed by atoms with E-state index >= 15 is 0 Å². The van der Waals surface area contributed by atoms with Gasteiger partial charge in [-0.1, -0.05) is 19.4 Å². The molecule has 1 fully saturated rings. The average molecular weight is 340 g/mol. The van der Waals surface area contributed by atoms with E-state index in [0.717, 1.165) is 31.9 Å². The van der Waals surface area contributed by atoms with E-state index in [2.05, 4.69) is 17.6 Å². The number of benzene rings is 1. The van der Waals surface area contributed by atoms with Gasteiger partial charge >= 0.3 is 0 Å². The second kappa shape index (κ2) is 9.08. The lowest BCUT2D eigenvalue weighted by molar-refractivity contribution is -0.132. The Labute approximate surface area is 142 Å². The molecule has 1 aliphatic rings. The second-order valence-electron chi connectivity index (χ2n) is 6.25. The van der Waals surface area contributed by atoms with E-state index in [-0.39, 0.29) is 17.9 Å². The minimum Gasteiger partial charge on any atom is -0.369 e. The average Bonchev–Trinajstić information content (AvgIpc) is 2.58. The highest BCUT2D eigenvalue weighted by molar-refractivity contribution is 5.80. The minimum absolute atomic E-state index is 0.0480. The molecule has 0 aromatic heterocycles. The van der Waals surface area contributed by atoms with E-state index in [1.807, 2.05) is 0 Å². The zero-order valence-electron chi connectivity index (χ0n) is 14.3. The van der Waals surface area contributed by atoms with Gasteiger partial charge in [0.1, 0.15) is 6.10 Å². The van der Waals surface area contributed by atoms with Crippen LogP contribution in [0.15, 0.2) is 18.2 Å². The van der Waals surface area contributed by atoms with E-state index < -0.39 is 17.7 Å². The minimum atomic E-state index is -0.855. The molecule has 1 amide bonds. The molecule has 4 nitrogen and oxygen atoms in total. The van der Waals surface area contributed by atoms with Crippen LogP contribution in [0.4, 0.5) is 8.78 Å². The van der Waals surface area contributed by atoms with Crippen molar-refractivity contribution in [3.63, 3.8) is 0 Å². The van der Waals surface area contributed by atoms with Crippen LogP contribution in [0.3, 0.4) is 0 Å². The number of halogens is 2. The summed E-state index contributed by atoms with van der Waals surface area (Å²) in [4.78, 5) is 12.3. The predicted molar refractivity (Wildman–Crippen MR) is 88.8 cm³/mol. The standard InChI is InChI=1S/C18H26F2N2O2/c1-3-4-9-24-12(2)18(23)22-17-11-21-8-7-14(17)13-5-6-15(19)16(20)10-13/h5-6,10,12,14,17,21H,3-4,7-9,11H2,1-2H3,(H,22,23). The highest BCUT2D eigenvalue weighted by atomic mass is 19.2. The van der Waals surface area contributed by atoms with Gasteiger partial charge in [-0.25, -0.2) is 8.78 Å². The van der Waals surface area contributed by atoms with Crippen molar-refractivity contribution in [3.8, 4) is 0 Å². The smallest absolute Gasteiger partial charge is 0.249 e. The number of unbranched alkanes of at least 4 members (excludes halogenated alkanes) is 1. The first kappa shape index (κ1) is 18.8. The molecule has 1 aliphatic heterocycles. The molecule has 134 valence electrons. The number of carbonyl (C=O) groups is 1. The largest absolute Gasteiger partial charge is 0.369 e. The van der Waals surface area contributed by atoms with Crippen molar-refractivity contribution in [2.75, 3.05) is 19.7 Å². The number of rotatable bonds is 7. The summed E-state index contributed by atoms with van der Waals surface area (Å²) in [5.74, 6) is -1.93. The molecule has 0 radical (unpaired) electrons. The summed E-state index contributed by atoms with van der Waals surface area (Å²) in [6.45, 7) is 5.72. The van der Waals surface area contributed by atoms with Gasteiger partial charge in [0.25, 0.3) is 0 Å². The molecule has 1 heterocycles. The first-order valence-corrected chi connectivity index (χ1v) is 8.60. The Balaban J connectivity index is 2.00. The molecule has 0 aliphatic carbocycles. The SMILES string of the molecule is CCCCOC(C)C(=O)NC1CNCCC1c1ccc(F)c(F)c1. The number of hydrogen-bond donors (Lipinski definition) is 2. The van der Waals surface area contributed by atoms with Gasteiger partial charge < -0.3 is 15.4 Å². The van der Waals surface area contributed by atoms with Crippen molar-refractivity contribution in [2.24, 2.45) is 0 Å². The number of hydrogen-bond acceptors (Lipinski definition) is 3. The van der Waals surface area contributed by atoms with E-state index in [1.165, 1.54) is 6.07 Å². The van der Waals surface area contributed by atoms with E-state index in [9.17, 15) is 13.6 Å². The molecule has 3 unspecified atom stereocenters. The maximum absolute atomic E-state index is 13.5. The van der Waals surface area contributed by atoms with E-state index in [1.54, 1.807) is 13.0 Å². The Morgan fingerprint density at radius 3 is 2.92 bits per heavy atom. The first-order valence-electron chi connectivity index (χ1n) is 8.60. The van der Waals surface area contributed by atoms with Crippen LogP contribution in [-0.4, -0.2) is 37.7 Å². The van der Waals surface area contributed by atoms with Crippen LogP contribution in [0.5, 0.6) is 0 Å². The first-order chi connectivity index (χ1) is 11.5. The Bertz CT molecular complexity index is 554. The lowest BCUT2D eigenvalue weighted by atomic mass is 9.86. The number of amides is 1. The third kappa shape index (κ3) is 4.98. The summed E-state index contributed by atoms with van der Waals surface area (Å²) in [7, 11) is 0. The van der Waals surface area contributed by atoms with Gasteiger partial charge in [-0.15, -0.1) is 0 Å². The molecule has 0 saturated carbocycles. The van der Waals surface area contributed by atoms with Crippen molar-refractivity contribution in [3.05, 3.63) is 35.4 Å². The quantitative estimate of drug-likeness (QED) is 0.751. The maximum Gasteiger partial charge on any atom is 0.249 e. The number of ether oxygens (including phenoxy) is 1. The zero-order valence-corrected chi connectivity index (χ0v) is 14.3. The Kier molecular flexibility index (Phi) is 7.12. The van der Waals surface area contributed by atoms with E-state index in [0.29, 0.717) is 18.7 Å². The van der Waals surface area contributed by atoms with Crippen molar-refractivity contribution in [1.82, 2.24) is 10.6 Å². The van der Waals surface area contributed by atoms with Crippen LogP contribution < -0.4 is 10.6 Å². The summed E-state index contributed by atoms with van der Waals surface area (Å²) >= 11 is 0. The fraction of sp³-hybridized carbons (Fsp3) is 0.611. The summed E-state index contributed by atoms with van der Waals surface area (Å²) in [6, 6.07) is 3.79. The molecule has 1 saturated heterocycles. The van der Waals surface area contributed by atoms with E-state index in [4.69, 9.17) is 4.74 Å². The summed E-state index contributed by atoms with van der Waals surface area (Å²) < 4.78 is 32.2. The fourth-order valence-corrected chi connectivity index (χ4v) is 2.93. The van der Waals surface area contributed by atoms with Crippen LogP contribution in [0.2, 0.25) is 0 Å². The van der Waals surface area contributed by atoms with Gasteiger partial charge in [-0.2, -0.15) is 0 Å². The Morgan fingerprint density at radius 1 is 1.42 bits per heavy atom. The molecule has 1 aromatic carbocycles. The maximum atomic E-state index is 13.5. The van der Waals surface area contributed by atoms with Crippen molar-refractivity contribution in [1.29, 1.82) is 0 Å². The Morgan fingerprint density at radius 2 is 2.21 bits per heavy atom. The van der Waals surface area contributed by atoms with Crippen LogP contribution >= 0.6 is 0 Å². The summed E-state index contributed by atoms with van der Waals surface area (Å²) in [6.07, 6.45) is 2.16. The third-order valence-electron chi connectivity index (χ3n) is 4.42. The van der Waals surface area contributed by atoms with Crippen molar-refractivity contribution >= 4 is 5.91 Å². The molecular formula is C18H26F2N2O2. The normalized spacial score (nSPS) is 22.2. The predicted octanol–water partition coefficient (Wildman–Crippen LogP) is 2.73. The summed E-state index contributed by atoms with van der Waals surface area (Å²) in [5, 5.41) is 6.22. The zero-order chi connectivity index (χ0) is 17.5. The molecule has 1 aromatic rings. The van der Waals surface area contributed by atoms with Crippen LogP contribution in [-0.2, 0) is 9.53 Å². The van der Waals surface area contributed by atoms with Gasteiger partial charge in [0.15, 0.2) is 11.6 Å². The van der Waals surface area contributed by atoms with Gasteiger partial charge in [0.2, 0.25) is 5.91 Å². The molecular weight excluding hydrogens is 314 g/mol. The molecule has 0 spiro atoms. The van der Waals surface area contributed by atoms with Crippen molar-refractivity contribution in [2.45, 2.75) is 51.2 Å². The van der Waals surface area contributed by atoms with Crippen LogP contribution in [0.1, 0.15) is 44.6 Å². The number of carbonyl (C=O) groups excluding carboxylic acids is 1. The molecule has 2 N–H and O–H groups in total. The lowest BCUT2D eigenvalue weighted by Gasteiger charge is -2.34. The monoisotopic (exact) mass is 340 g/mol. The lowest BCUT2D eigenvalue weighted by Crippen LogP contribution is -2.52. The fourth-order valence-electron chi connectivity index (χ4n) is 2.93. The molecule has 6 heteroatoms. The third-order valence-corrected chi connectivity index (χ3v) is 4.42. The molecule has 3 atom stereocenters. The number of piperidine rings is 1. The van der Waals surface area contributed by atoms with Gasteiger partial charge in [0.05, 0.1) is 0 Å². The highest BCUT2D eigenvalue weighted by Gasteiger charge is 2.29. The molecule has 24 heavy (non-hydrogen) atoms.